The Kier molecular flexibility index (Phi) is 7.56. The van der Waals surface area contributed by atoms with Gasteiger partial charge >= 0.3 is 12.1 Å². The Hall–Kier alpha value is -3.69. The van der Waals surface area contributed by atoms with E-state index in [4.69, 9.17) is 11.6 Å². The number of benzene rings is 2. The summed E-state index contributed by atoms with van der Waals surface area (Å²) in [6.07, 6.45) is -2.74. The van der Waals surface area contributed by atoms with E-state index >= 15 is 0 Å². The molecule has 0 atom stereocenters. The topological polar surface area (TPSA) is 76.6 Å². The van der Waals surface area contributed by atoms with Gasteiger partial charge in [-0.1, -0.05) is 34.0 Å². The Morgan fingerprint density at radius 2 is 1.64 bits per heavy atom. The van der Waals surface area contributed by atoms with Gasteiger partial charge in [0, 0.05) is 28.5 Å². The summed E-state index contributed by atoms with van der Waals surface area (Å²) in [5.74, 6) is -1.32. The second kappa shape index (κ2) is 10.1. The van der Waals surface area contributed by atoms with E-state index in [1.165, 1.54) is 19.2 Å². The smallest absolute Gasteiger partial charge is 0.316 e. The van der Waals surface area contributed by atoms with Crippen LogP contribution in [0.2, 0.25) is 5.02 Å². The fourth-order valence-corrected chi connectivity index (χ4v) is 4.62. The van der Waals surface area contributed by atoms with Crippen LogP contribution in [0, 0.1) is 37.3 Å². The van der Waals surface area contributed by atoms with Crippen molar-refractivity contribution in [3.8, 4) is 11.8 Å². The molecule has 0 bridgehead atoms. The second-order valence-electron chi connectivity index (χ2n) is 7.26. The highest BCUT2D eigenvalue weighted by Gasteiger charge is 2.46. The van der Waals surface area contributed by atoms with Crippen molar-refractivity contribution >= 4 is 33.3 Å². The van der Waals surface area contributed by atoms with Gasteiger partial charge < -0.3 is 4.84 Å². The molecule has 1 aromatic heterocycles. The summed E-state index contributed by atoms with van der Waals surface area (Å²) in [6.45, 7) is 2.94. The maximum atomic E-state index is 15.0. The predicted molar refractivity (Wildman–Crippen MR) is 119 cm³/mol. The highest BCUT2D eigenvalue weighted by Crippen LogP contribution is 2.34. The van der Waals surface area contributed by atoms with Crippen molar-refractivity contribution in [2.24, 2.45) is 0 Å². The summed E-state index contributed by atoms with van der Waals surface area (Å²) < 4.78 is 94.2. The Morgan fingerprint density at radius 3 is 2.22 bits per heavy atom. The number of sulfonamides is 1. The molecule has 0 saturated heterocycles. The monoisotopic (exact) mass is 544 g/mol. The number of alkyl halides is 3. The minimum atomic E-state index is -5.68. The fourth-order valence-electron chi connectivity index (χ4n) is 2.88. The molecule has 0 aliphatic heterocycles. The molecule has 0 unspecified atom stereocenters. The zero-order valence-corrected chi connectivity index (χ0v) is 19.9. The van der Waals surface area contributed by atoms with E-state index in [2.05, 4.69) is 21.7 Å². The van der Waals surface area contributed by atoms with Crippen LogP contribution in [0.1, 0.15) is 22.3 Å². The molecule has 3 aromatic rings. The molecule has 0 N–H and O–H groups in total. The van der Waals surface area contributed by atoms with Crippen LogP contribution in [-0.4, -0.2) is 25.5 Å². The molecule has 0 aliphatic carbocycles. The molecule has 1 heterocycles. The highest BCUT2D eigenvalue weighted by molar-refractivity contribution is 7.92. The Labute approximate surface area is 207 Å². The number of carbonyl (C=O) groups excluding carboxylic acids is 1. The maximum absolute atomic E-state index is 15.0. The summed E-state index contributed by atoms with van der Waals surface area (Å²) in [7, 11) is -5.30. The SMILES string of the molecule is Cc1cncc(C#Cc2cc(F)c(N(OC(=O)C(F)(F)F)S(=O)(=O)c3cccc(Cl)c3C)c(F)c2)c1. The van der Waals surface area contributed by atoms with Gasteiger partial charge in [0.15, 0.2) is 17.3 Å². The van der Waals surface area contributed by atoms with Crippen LogP contribution in [0.5, 0.6) is 0 Å². The number of anilines is 1. The third kappa shape index (κ3) is 5.75. The number of nitrogens with zero attached hydrogens (tertiary/aromatic N) is 2. The molecular weight excluding hydrogens is 531 g/mol. The first kappa shape index (κ1) is 26.9. The van der Waals surface area contributed by atoms with Crippen molar-refractivity contribution in [2.45, 2.75) is 24.9 Å². The number of pyridine rings is 1. The lowest BCUT2D eigenvalue weighted by Gasteiger charge is -2.24. The van der Waals surface area contributed by atoms with E-state index in [0.717, 1.165) is 17.7 Å². The number of hydrogen-bond acceptors (Lipinski definition) is 5. The fraction of sp³-hybridized carbons (Fsp3) is 0.130. The average molecular weight is 545 g/mol. The van der Waals surface area contributed by atoms with E-state index in [9.17, 15) is 35.2 Å². The highest BCUT2D eigenvalue weighted by atomic mass is 35.5. The van der Waals surface area contributed by atoms with Gasteiger partial charge in [0.2, 0.25) is 0 Å². The van der Waals surface area contributed by atoms with Crippen LogP contribution in [-0.2, 0) is 19.7 Å². The van der Waals surface area contributed by atoms with E-state index in [-0.39, 0.29) is 16.1 Å². The van der Waals surface area contributed by atoms with Crippen LogP contribution in [0.3, 0.4) is 0 Å². The first-order valence-electron chi connectivity index (χ1n) is 9.74. The van der Waals surface area contributed by atoms with Gasteiger partial charge in [0.05, 0.1) is 4.90 Å². The van der Waals surface area contributed by atoms with Crippen LogP contribution >= 0.6 is 11.6 Å². The average Bonchev–Trinajstić information content (AvgIpc) is 2.77. The maximum Gasteiger partial charge on any atom is 0.493 e. The molecule has 0 spiro atoms. The lowest BCUT2D eigenvalue weighted by atomic mass is 10.1. The molecule has 0 amide bonds. The van der Waals surface area contributed by atoms with Gasteiger partial charge in [-0.05, 0) is 55.3 Å². The second-order valence-corrected chi connectivity index (χ2v) is 9.39. The molecule has 0 fully saturated rings. The van der Waals surface area contributed by atoms with Gasteiger partial charge in [0.25, 0.3) is 10.0 Å². The minimum Gasteiger partial charge on any atom is -0.316 e. The third-order valence-corrected chi connectivity index (χ3v) is 6.64. The molecule has 36 heavy (non-hydrogen) atoms. The van der Waals surface area contributed by atoms with Gasteiger partial charge in [0.1, 0.15) is 0 Å². The summed E-state index contributed by atoms with van der Waals surface area (Å²) in [5, 5.41) is -0.115. The molecule has 6 nitrogen and oxygen atoms in total. The molecule has 0 aliphatic rings. The van der Waals surface area contributed by atoms with E-state index in [1.54, 1.807) is 19.2 Å². The number of carbonyl (C=O) groups is 1. The minimum absolute atomic E-state index is 0.115. The lowest BCUT2D eigenvalue weighted by Crippen LogP contribution is -2.40. The standard InChI is InChI=1S/C23H14ClF5N2O4S/c1-13-8-16(12-30-11-13)7-6-15-9-18(25)21(19(26)10-15)31(35-22(32)23(27,28)29)36(33,34)20-5-3-4-17(24)14(20)2/h3-5,8-12H,1-2H3. The van der Waals surface area contributed by atoms with Gasteiger partial charge in [-0.25, -0.2) is 13.6 Å². The third-order valence-electron chi connectivity index (χ3n) is 4.54. The first-order valence-corrected chi connectivity index (χ1v) is 11.6. The quantitative estimate of drug-likeness (QED) is 0.255. The summed E-state index contributed by atoms with van der Waals surface area (Å²) in [6, 6.07) is 6.11. The molecule has 3 rings (SSSR count). The normalized spacial score (nSPS) is 11.4. The van der Waals surface area contributed by atoms with Crippen LogP contribution in [0.25, 0.3) is 0 Å². The van der Waals surface area contributed by atoms with E-state index < -0.39 is 48.9 Å². The zero-order chi connectivity index (χ0) is 26.8. The Morgan fingerprint density at radius 1 is 1.03 bits per heavy atom. The molecule has 13 heteroatoms. The number of aromatic nitrogens is 1. The van der Waals surface area contributed by atoms with Crippen molar-refractivity contribution in [1.29, 1.82) is 0 Å². The van der Waals surface area contributed by atoms with Crippen molar-refractivity contribution in [3.05, 3.63) is 87.7 Å². The number of aryl methyl sites for hydroxylation is 1. The van der Waals surface area contributed by atoms with E-state index in [1.807, 2.05) is 0 Å². The molecule has 188 valence electrons. The Balaban J connectivity index is 2.16. The molecule has 0 radical (unpaired) electrons. The summed E-state index contributed by atoms with van der Waals surface area (Å²) in [5.41, 5.74) is -0.872. The molecule has 2 aromatic carbocycles. The number of rotatable bonds is 4. The zero-order valence-electron chi connectivity index (χ0n) is 18.3. The van der Waals surface area contributed by atoms with Gasteiger partial charge in [-0.2, -0.15) is 21.6 Å². The van der Waals surface area contributed by atoms with Crippen LogP contribution in [0.4, 0.5) is 27.6 Å². The summed E-state index contributed by atoms with van der Waals surface area (Å²) in [4.78, 5) is 18.6. The largest absolute Gasteiger partial charge is 0.493 e. The predicted octanol–water partition coefficient (Wildman–Crippen LogP) is 5.25. The van der Waals surface area contributed by atoms with Crippen molar-refractivity contribution in [1.82, 2.24) is 4.98 Å². The number of halogens is 6. The van der Waals surface area contributed by atoms with E-state index in [0.29, 0.717) is 17.7 Å². The first-order chi connectivity index (χ1) is 16.7. The van der Waals surface area contributed by atoms with Crippen molar-refractivity contribution < 1.29 is 40.0 Å². The Bertz CT molecular complexity index is 1490. The van der Waals surface area contributed by atoms with Crippen LogP contribution in [0.15, 0.2) is 53.7 Å². The number of hydrogen-bond donors (Lipinski definition) is 0. The van der Waals surface area contributed by atoms with Crippen LogP contribution < -0.4 is 4.47 Å². The van der Waals surface area contributed by atoms with Gasteiger partial charge in [-0.3, -0.25) is 4.98 Å². The summed E-state index contributed by atoms with van der Waals surface area (Å²) >= 11 is 5.89. The van der Waals surface area contributed by atoms with Gasteiger partial charge in [-0.15, -0.1) is 0 Å². The molecule has 0 saturated carbocycles. The van der Waals surface area contributed by atoms with Crippen molar-refractivity contribution in [2.75, 3.05) is 4.47 Å². The molecular formula is C23H14ClF5N2O4S. The lowest BCUT2D eigenvalue weighted by molar-refractivity contribution is -0.199. The van der Waals surface area contributed by atoms with Crippen molar-refractivity contribution in [3.63, 3.8) is 0 Å².